The highest BCUT2D eigenvalue weighted by atomic mass is 19.1. The van der Waals surface area contributed by atoms with Crippen molar-refractivity contribution in [2.75, 3.05) is 19.7 Å². The Bertz CT molecular complexity index is 578. The van der Waals surface area contributed by atoms with Crippen LogP contribution in [0.15, 0.2) is 60.5 Å². The van der Waals surface area contributed by atoms with Crippen molar-refractivity contribution in [3.05, 3.63) is 66.0 Å². The van der Waals surface area contributed by atoms with E-state index in [1.165, 1.54) is 19.1 Å². The van der Waals surface area contributed by atoms with Crippen LogP contribution >= 0.6 is 0 Å². The first kappa shape index (κ1) is 19.6. The highest BCUT2D eigenvalue weighted by Gasteiger charge is 1.96. The second-order valence-corrected chi connectivity index (χ2v) is 5.09. The van der Waals surface area contributed by atoms with E-state index in [0.717, 1.165) is 24.4 Å². The van der Waals surface area contributed by atoms with E-state index in [-0.39, 0.29) is 11.7 Å². The largest absolute Gasteiger partial charge is 0.490 e. The summed E-state index contributed by atoms with van der Waals surface area (Å²) in [5, 5.41) is 5.97. The Morgan fingerprint density at radius 2 is 2.00 bits per heavy atom. The molecule has 0 aliphatic heterocycles. The van der Waals surface area contributed by atoms with E-state index in [1.54, 1.807) is 25.2 Å². The molecular weight excluding hydrogens is 307 g/mol. The lowest BCUT2D eigenvalue weighted by atomic mass is 10.2. The minimum absolute atomic E-state index is 0.0209. The van der Waals surface area contributed by atoms with Crippen LogP contribution in [0, 0.1) is 0 Å². The average Bonchev–Trinajstić information content (AvgIpc) is 2.55. The minimum Gasteiger partial charge on any atom is -0.490 e. The number of allylic oxidation sites excluding steroid dienone is 5. The number of rotatable bonds is 10. The van der Waals surface area contributed by atoms with Crippen LogP contribution in [0.3, 0.4) is 0 Å². The summed E-state index contributed by atoms with van der Waals surface area (Å²) in [6, 6.07) is 7.76. The number of nitrogens with one attached hydrogen (secondary N) is 2. The molecular formula is C19H25FN2O2. The molecule has 1 aromatic rings. The molecule has 1 aromatic carbocycles. The maximum atomic E-state index is 13.0. The van der Waals surface area contributed by atoms with Crippen LogP contribution in [0.25, 0.3) is 0 Å². The van der Waals surface area contributed by atoms with Crippen molar-refractivity contribution in [1.29, 1.82) is 0 Å². The highest BCUT2D eigenvalue weighted by Crippen LogP contribution is 2.12. The molecule has 0 unspecified atom stereocenters. The molecule has 0 heterocycles. The number of hydrogen-bond acceptors (Lipinski definition) is 3. The Morgan fingerprint density at radius 3 is 2.67 bits per heavy atom. The van der Waals surface area contributed by atoms with Crippen molar-refractivity contribution in [1.82, 2.24) is 10.6 Å². The molecule has 0 aromatic heterocycles. The fourth-order valence-corrected chi connectivity index (χ4v) is 1.84. The molecule has 0 radical (unpaired) electrons. The second kappa shape index (κ2) is 12.1. The van der Waals surface area contributed by atoms with Crippen LogP contribution in [-0.4, -0.2) is 25.6 Å². The molecule has 0 bridgehead atoms. The van der Waals surface area contributed by atoms with Crippen molar-refractivity contribution >= 4 is 5.91 Å². The number of hydrogen-bond donors (Lipinski definition) is 2. The molecule has 2 N–H and O–H groups in total. The summed E-state index contributed by atoms with van der Waals surface area (Å²) in [6.45, 7) is 5.72. The molecule has 0 atom stereocenters. The predicted octanol–water partition coefficient (Wildman–Crippen LogP) is 3.28. The van der Waals surface area contributed by atoms with Gasteiger partial charge in [0.2, 0.25) is 5.91 Å². The molecule has 1 rings (SSSR count). The monoisotopic (exact) mass is 332 g/mol. The summed E-state index contributed by atoms with van der Waals surface area (Å²) in [7, 11) is 0. The van der Waals surface area contributed by atoms with Gasteiger partial charge in [0.1, 0.15) is 18.2 Å². The van der Waals surface area contributed by atoms with Gasteiger partial charge in [-0.15, -0.1) is 0 Å². The number of halogens is 1. The third-order valence-corrected chi connectivity index (χ3v) is 2.99. The van der Waals surface area contributed by atoms with Crippen LogP contribution < -0.4 is 15.4 Å². The van der Waals surface area contributed by atoms with Crippen molar-refractivity contribution < 1.29 is 13.9 Å². The maximum absolute atomic E-state index is 13.0. The van der Waals surface area contributed by atoms with Crippen molar-refractivity contribution in [3.8, 4) is 5.75 Å². The molecule has 0 aliphatic carbocycles. The topological polar surface area (TPSA) is 50.4 Å². The fourth-order valence-electron chi connectivity index (χ4n) is 1.84. The average molecular weight is 332 g/mol. The minimum atomic E-state index is -0.288. The quantitative estimate of drug-likeness (QED) is 0.511. The van der Waals surface area contributed by atoms with Gasteiger partial charge in [0.15, 0.2) is 0 Å². The van der Waals surface area contributed by atoms with Gasteiger partial charge in [-0.2, -0.15) is 0 Å². The van der Waals surface area contributed by atoms with Crippen LogP contribution in [0.5, 0.6) is 5.75 Å². The summed E-state index contributed by atoms with van der Waals surface area (Å²) in [5.74, 6) is 0.455. The zero-order valence-electron chi connectivity index (χ0n) is 14.2. The molecule has 0 saturated heterocycles. The van der Waals surface area contributed by atoms with Gasteiger partial charge in [-0.05, 0) is 42.8 Å². The third-order valence-electron chi connectivity index (χ3n) is 2.99. The zero-order chi connectivity index (χ0) is 17.6. The molecule has 1 amide bonds. The first-order valence-corrected chi connectivity index (χ1v) is 7.93. The summed E-state index contributed by atoms with van der Waals surface area (Å²) in [6.07, 6.45) is 7.81. The van der Waals surface area contributed by atoms with Gasteiger partial charge in [-0.3, -0.25) is 4.79 Å². The van der Waals surface area contributed by atoms with E-state index in [0.29, 0.717) is 13.2 Å². The summed E-state index contributed by atoms with van der Waals surface area (Å²) < 4.78 is 18.6. The van der Waals surface area contributed by atoms with Gasteiger partial charge in [0, 0.05) is 26.6 Å². The van der Waals surface area contributed by atoms with Crippen LogP contribution in [0.4, 0.5) is 4.39 Å². The van der Waals surface area contributed by atoms with Crippen LogP contribution in [-0.2, 0) is 11.3 Å². The standard InChI is InChI=1S/C19H25FN2O2/c1-3-6-18(20)7-4-5-14-24-19-10-8-17(9-11-19)15-21-12-13-22-16(2)23/h3-11,21H,12-15H2,1-2H3,(H,22,23)/b5-4+,6-3-,18-7+. The number of amides is 1. The Labute approximate surface area is 143 Å². The first-order chi connectivity index (χ1) is 11.6. The lowest BCUT2D eigenvalue weighted by molar-refractivity contribution is -0.118. The van der Waals surface area contributed by atoms with Gasteiger partial charge < -0.3 is 15.4 Å². The van der Waals surface area contributed by atoms with Gasteiger partial charge in [0.25, 0.3) is 0 Å². The molecule has 0 spiro atoms. The van der Waals surface area contributed by atoms with Crippen LogP contribution in [0.2, 0.25) is 0 Å². The predicted molar refractivity (Wildman–Crippen MR) is 95.5 cm³/mol. The van der Waals surface area contributed by atoms with Crippen molar-refractivity contribution in [2.45, 2.75) is 20.4 Å². The van der Waals surface area contributed by atoms with E-state index in [1.807, 2.05) is 24.3 Å². The molecule has 0 fully saturated rings. The van der Waals surface area contributed by atoms with E-state index in [2.05, 4.69) is 10.6 Å². The number of carbonyl (C=O) groups excluding carboxylic acids is 1. The summed E-state index contributed by atoms with van der Waals surface area (Å²) in [4.78, 5) is 10.7. The number of carbonyl (C=O) groups is 1. The molecule has 0 saturated carbocycles. The Hall–Kier alpha value is -2.40. The van der Waals surface area contributed by atoms with Crippen molar-refractivity contribution in [3.63, 3.8) is 0 Å². The van der Waals surface area contributed by atoms with E-state index >= 15 is 0 Å². The van der Waals surface area contributed by atoms with Crippen LogP contribution in [0.1, 0.15) is 19.4 Å². The highest BCUT2D eigenvalue weighted by molar-refractivity contribution is 5.72. The third kappa shape index (κ3) is 9.58. The summed E-state index contributed by atoms with van der Waals surface area (Å²) in [5.41, 5.74) is 1.14. The van der Waals surface area contributed by atoms with E-state index in [4.69, 9.17) is 4.74 Å². The van der Waals surface area contributed by atoms with Gasteiger partial charge >= 0.3 is 0 Å². The number of ether oxygens (including phenoxy) is 1. The van der Waals surface area contributed by atoms with E-state index < -0.39 is 0 Å². The van der Waals surface area contributed by atoms with Crippen molar-refractivity contribution in [2.24, 2.45) is 0 Å². The normalized spacial score (nSPS) is 12.0. The molecule has 24 heavy (non-hydrogen) atoms. The van der Waals surface area contributed by atoms with Gasteiger partial charge in [-0.1, -0.05) is 24.3 Å². The molecule has 130 valence electrons. The maximum Gasteiger partial charge on any atom is 0.216 e. The van der Waals surface area contributed by atoms with E-state index in [9.17, 15) is 9.18 Å². The lowest BCUT2D eigenvalue weighted by Gasteiger charge is -2.07. The zero-order valence-corrected chi connectivity index (χ0v) is 14.2. The first-order valence-electron chi connectivity index (χ1n) is 7.93. The van der Waals surface area contributed by atoms with Gasteiger partial charge in [0.05, 0.1) is 0 Å². The molecule has 0 aliphatic rings. The Kier molecular flexibility index (Phi) is 9.88. The second-order valence-electron chi connectivity index (χ2n) is 5.09. The molecule has 4 nitrogen and oxygen atoms in total. The SMILES string of the molecule is C\C=C/C(F)=C\C=C\COc1ccc(CNCCNC(C)=O)cc1. The smallest absolute Gasteiger partial charge is 0.216 e. The lowest BCUT2D eigenvalue weighted by Crippen LogP contribution is -2.29. The summed E-state index contributed by atoms with van der Waals surface area (Å²) >= 11 is 0. The Balaban J connectivity index is 2.26. The number of benzene rings is 1. The molecule has 5 heteroatoms. The fraction of sp³-hybridized carbons (Fsp3) is 0.316. The Morgan fingerprint density at radius 1 is 1.25 bits per heavy atom. The van der Waals surface area contributed by atoms with Gasteiger partial charge in [-0.25, -0.2) is 4.39 Å².